The fourth-order valence-electron chi connectivity index (χ4n) is 2.10. The van der Waals surface area contributed by atoms with E-state index in [0.717, 1.165) is 20.5 Å². The lowest BCUT2D eigenvalue weighted by Crippen LogP contribution is -1.99. The number of halogens is 1. The van der Waals surface area contributed by atoms with Crippen molar-refractivity contribution < 1.29 is 0 Å². The molecule has 0 atom stereocenters. The number of anilines is 1. The van der Waals surface area contributed by atoms with Crippen molar-refractivity contribution in [2.75, 3.05) is 5.73 Å². The second-order valence-electron chi connectivity index (χ2n) is 4.71. The first kappa shape index (κ1) is 14.8. The van der Waals surface area contributed by atoms with E-state index in [0.29, 0.717) is 11.6 Å². The third kappa shape index (κ3) is 2.93. The van der Waals surface area contributed by atoms with Crippen molar-refractivity contribution in [3.8, 4) is 0 Å². The summed E-state index contributed by atoms with van der Waals surface area (Å²) >= 11 is 6.94. The molecule has 21 heavy (non-hydrogen) atoms. The number of benzene rings is 1. The Kier molecular flexibility index (Phi) is 4.19. The molecule has 0 aliphatic heterocycles. The number of hydrogen-bond acceptors (Lipinski definition) is 5. The van der Waals surface area contributed by atoms with E-state index in [1.807, 2.05) is 18.2 Å². The fourth-order valence-corrected chi connectivity index (χ4v) is 4.57. The van der Waals surface area contributed by atoms with Gasteiger partial charge in [-0.3, -0.25) is 0 Å². The van der Waals surface area contributed by atoms with Crippen LogP contribution >= 0.6 is 39.0 Å². The van der Waals surface area contributed by atoms with Crippen LogP contribution < -0.4 is 5.73 Å². The highest BCUT2D eigenvalue weighted by Gasteiger charge is 2.13. The molecule has 0 fully saturated rings. The number of fused-ring (bicyclic) bond motifs is 1. The van der Waals surface area contributed by atoms with Gasteiger partial charge in [0.15, 0.2) is 0 Å². The van der Waals surface area contributed by atoms with E-state index in [-0.39, 0.29) is 0 Å². The molecule has 1 aromatic carbocycles. The number of nitrogens with two attached hydrogens (primary N) is 1. The third-order valence-electron chi connectivity index (χ3n) is 3.30. The molecule has 0 bridgehead atoms. The van der Waals surface area contributed by atoms with Crippen LogP contribution in [0.2, 0.25) is 0 Å². The third-order valence-corrected chi connectivity index (χ3v) is 6.42. The maximum Gasteiger partial charge on any atom is 0.142 e. The van der Waals surface area contributed by atoms with Gasteiger partial charge in [-0.15, -0.1) is 23.1 Å². The molecule has 0 aliphatic carbocycles. The number of thioether (sulfide) groups is 1. The zero-order valence-electron chi connectivity index (χ0n) is 11.7. The quantitative estimate of drug-likeness (QED) is 0.654. The average molecular weight is 380 g/mol. The zero-order chi connectivity index (χ0) is 15.0. The highest BCUT2D eigenvalue weighted by atomic mass is 79.9. The van der Waals surface area contributed by atoms with Crippen molar-refractivity contribution in [2.24, 2.45) is 0 Å². The molecule has 3 aromatic rings. The van der Waals surface area contributed by atoms with Gasteiger partial charge in [-0.1, -0.05) is 12.1 Å². The van der Waals surface area contributed by atoms with Crippen LogP contribution in [-0.2, 0) is 5.75 Å². The van der Waals surface area contributed by atoms with Gasteiger partial charge in [0.05, 0.1) is 11.1 Å². The van der Waals surface area contributed by atoms with Crippen LogP contribution in [0.5, 0.6) is 0 Å². The topological polar surface area (TPSA) is 51.8 Å². The number of thiophene rings is 1. The molecule has 0 amide bonds. The molecule has 3 nitrogen and oxygen atoms in total. The van der Waals surface area contributed by atoms with Crippen molar-refractivity contribution in [3.05, 3.63) is 45.0 Å². The molecule has 0 saturated heterocycles. The minimum absolute atomic E-state index is 0.588. The van der Waals surface area contributed by atoms with Crippen LogP contribution in [0, 0.1) is 13.8 Å². The number of nitrogens with zero attached hydrogens (tertiary/aromatic N) is 2. The second kappa shape index (κ2) is 5.94. The first-order chi connectivity index (χ1) is 10.1. The highest BCUT2D eigenvalue weighted by molar-refractivity contribution is 9.10. The Bertz CT molecular complexity index is 814. The van der Waals surface area contributed by atoms with E-state index >= 15 is 0 Å². The lowest BCUT2D eigenvalue weighted by molar-refractivity contribution is 1.08. The lowest BCUT2D eigenvalue weighted by Gasteiger charge is -2.05. The molecule has 0 unspecified atom stereocenters. The summed E-state index contributed by atoms with van der Waals surface area (Å²) in [6.45, 7) is 4.17. The molecule has 6 heteroatoms. The van der Waals surface area contributed by atoms with Crippen molar-refractivity contribution in [1.82, 2.24) is 9.97 Å². The summed E-state index contributed by atoms with van der Waals surface area (Å²) in [5, 5.41) is 1.01. The van der Waals surface area contributed by atoms with Gasteiger partial charge < -0.3 is 5.73 Å². The van der Waals surface area contributed by atoms with Gasteiger partial charge in [0.1, 0.15) is 16.5 Å². The van der Waals surface area contributed by atoms with Crippen LogP contribution in [-0.4, -0.2) is 9.97 Å². The molecule has 3 rings (SSSR count). The predicted octanol–water partition coefficient (Wildman–Crippen LogP) is 4.95. The van der Waals surface area contributed by atoms with E-state index in [2.05, 4.69) is 45.8 Å². The first-order valence-corrected chi connectivity index (χ1v) is 9.05. The van der Waals surface area contributed by atoms with Crippen LogP contribution in [0.1, 0.15) is 16.3 Å². The van der Waals surface area contributed by atoms with Gasteiger partial charge in [-0.05, 0) is 47.5 Å². The van der Waals surface area contributed by atoms with Crippen molar-refractivity contribution in [1.29, 1.82) is 0 Å². The Balaban J connectivity index is 1.90. The lowest BCUT2D eigenvalue weighted by atomic mass is 10.2. The summed E-state index contributed by atoms with van der Waals surface area (Å²) in [4.78, 5) is 12.5. The van der Waals surface area contributed by atoms with Gasteiger partial charge in [-0.2, -0.15) is 0 Å². The molecule has 108 valence electrons. The number of aryl methyl sites for hydroxylation is 2. The maximum atomic E-state index is 6.11. The maximum absolute atomic E-state index is 6.11. The fraction of sp³-hybridized carbons (Fsp3) is 0.200. The molecule has 2 aromatic heterocycles. The van der Waals surface area contributed by atoms with Gasteiger partial charge in [0, 0.05) is 14.2 Å². The van der Waals surface area contributed by atoms with Crippen LogP contribution in [0.25, 0.3) is 10.2 Å². The largest absolute Gasteiger partial charge is 0.383 e. The summed E-state index contributed by atoms with van der Waals surface area (Å²) in [6, 6.07) is 8.15. The van der Waals surface area contributed by atoms with E-state index in [1.54, 1.807) is 23.1 Å². The molecular formula is C15H14BrN3S2. The van der Waals surface area contributed by atoms with Gasteiger partial charge in [0.25, 0.3) is 0 Å². The van der Waals surface area contributed by atoms with Crippen LogP contribution in [0.15, 0.2) is 33.6 Å². The van der Waals surface area contributed by atoms with Gasteiger partial charge in [-0.25, -0.2) is 9.97 Å². The summed E-state index contributed by atoms with van der Waals surface area (Å²) < 4.78 is 1.09. The Morgan fingerprint density at radius 2 is 2.00 bits per heavy atom. The molecule has 2 N–H and O–H groups in total. The summed E-state index contributed by atoms with van der Waals surface area (Å²) in [6.07, 6.45) is 0. The molecular weight excluding hydrogens is 366 g/mol. The summed E-state index contributed by atoms with van der Waals surface area (Å²) in [7, 11) is 0. The summed E-state index contributed by atoms with van der Waals surface area (Å²) in [5.41, 5.74) is 7.30. The van der Waals surface area contributed by atoms with Crippen molar-refractivity contribution in [3.63, 3.8) is 0 Å². The highest BCUT2D eigenvalue weighted by Crippen LogP contribution is 2.33. The van der Waals surface area contributed by atoms with Gasteiger partial charge >= 0.3 is 0 Å². The van der Waals surface area contributed by atoms with E-state index in [9.17, 15) is 0 Å². The van der Waals surface area contributed by atoms with Crippen molar-refractivity contribution in [2.45, 2.75) is 24.5 Å². The number of aromatic nitrogens is 2. The number of nitrogen functional groups attached to an aromatic ring is 1. The number of hydrogen-bond donors (Lipinski definition) is 1. The molecule has 0 radical (unpaired) electrons. The Morgan fingerprint density at radius 3 is 2.76 bits per heavy atom. The normalized spacial score (nSPS) is 11.2. The summed E-state index contributed by atoms with van der Waals surface area (Å²) in [5.74, 6) is 2.07. The molecule has 0 spiro atoms. The monoisotopic (exact) mass is 379 g/mol. The molecule has 0 aliphatic rings. The number of rotatable bonds is 3. The van der Waals surface area contributed by atoms with Gasteiger partial charge in [0.2, 0.25) is 0 Å². The Labute approximate surface area is 140 Å². The van der Waals surface area contributed by atoms with Crippen molar-refractivity contribution >= 4 is 55.1 Å². The SMILES string of the molecule is Cc1sc2nc(CSc3ccccc3Br)nc(N)c2c1C. The first-order valence-electron chi connectivity index (χ1n) is 6.45. The minimum atomic E-state index is 0.588. The minimum Gasteiger partial charge on any atom is -0.383 e. The van der Waals surface area contributed by atoms with E-state index < -0.39 is 0 Å². The predicted molar refractivity (Wildman–Crippen MR) is 95.0 cm³/mol. The second-order valence-corrected chi connectivity index (χ2v) is 7.78. The average Bonchev–Trinajstić information content (AvgIpc) is 2.73. The molecule has 0 saturated carbocycles. The smallest absolute Gasteiger partial charge is 0.142 e. The zero-order valence-corrected chi connectivity index (χ0v) is 14.9. The van der Waals surface area contributed by atoms with E-state index in [4.69, 9.17) is 5.73 Å². The Hall–Kier alpha value is -1.11. The molecule has 2 heterocycles. The van der Waals surface area contributed by atoms with E-state index in [1.165, 1.54) is 15.3 Å². The standard InChI is InChI=1S/C15H14BrN3S2/c1-8-9(2)21-15-13(8)14(17)18-12(19-15)7-20-11-6-4-3-5-10(11)16/h3-6H,7H2,1-2H3,(H2,17,18,19). The van der Waals surface area contributed by atoms with Crippen LogP contribution in [0.4, 0.5) is 5.82 Å². The Morgan fingerprint density at radius 1 is 1.24 bits per heavy atom. The van der Waals surface area contributed by atoms with Crippen LogP contribution in [0.3, 0.4) is 0 Å².